The van der Waals surface area contributed by atoms with Gasteiger partial charge in [-0.25, -0.2) is 5.01 Å². The van der Waals surface area contributed by atoms with Crippen LogP contribution in [-0.4, -0.2) is 45.9 Å². The standard InChI is InChI=1S/C24H29N5O5/c1-14(2)11-19(24(33)28-29(15(3)30)13-16-7-6-10-25-22(16)31)27-23(32)20-12-17-18(26-20)8-5-9-21(17)34-4/h5-10,12,14,19,26H,11,13H2,1-4H3,(H,25,31)(H,27,32)(H,28,33)/t19-/m0/s1. The lowest BCUT2D eigenvalue weighted by Crippen LogP contribution is -2.54. The Morgan fingerprint density at radius 2 is 1.91 bits per heavy atom. The molecule has 0 saturated heterocycles. The van der Waals surface area contributed by atoms with Gasteiger partial charge in [0.15, 0.2) is 0 Å². The molecule has 0 radical (unpaired) electrons. The summed E-state index contributed by atoms with van der Waals surface area (Å²) in [6.45, 7) is 5.02. The molecule has 3 rings (SSSR count). The van der Waals surface area contributed by atoms with Crippen LogP contribution in [0.2, 0.25) is 0 Å². The second kappa shape index (κ2) is 10.7. The van der Waals surface area contributed by atoms with Crippen molar-refractivity contribution in [2.24, 2.45) is 5.92 Å². The molecule has 2 aromatic heterocycles. The molecule has 1 atom stereocenters. The van der Waals surface area contributed by atoms with Gasteiger partial charge in [-0.1, -0.05) is 26.0 Å². The smallest absolute Gasteiger partial charge is 0.268 e. The van der Waals surface area contributed by atoms with Crippen molar-refractivity contribution in [3.63, 3.8) is 0 Å². The van der Waals surface area contributed by atoms with E-state index in [0.29, 0.717) is 17.7 Å². The number of rotatable bonds is 8. The highest BCUT2D eigenvalue weighted by Gasteiger charge is 2.26. The van der Waals surface area contributed by atoms with Crippen molar-refractivity contribution in [3.8, 4) is 5.75 Å². The Morgan fingerprint density at radius 3 is 2.56 bits per heavy atom. The summed E-state index contributed by atoms with van der Waals surface area (Å²) in [5.74, 6) is -0.765. The van der Waals surface area contributed by atoms with Crippen LogP contribution in [0.15, 0.2) is 47.4 Å². The molecule has 0 bridgehead atoms. The van der Waals surface area contributed by atoms with Gasteiger partial charge in [0.1, 0.15) is 17.5 Å². The highest BCUT2D eigenvalue weighted by atomic mass is 16.5. The Bertz CT molecular complexity index is 1250. The molecule has 0 aliphatic carbocycles. The average molecular weight is 468 g/mol. The zero-order valence-electron chi connectivity index (χ0n) is 19.6. The van der Waals surface area contributed by atoms with Crippen LogP contribution in [0.4, 0.5) is 0 Å². The van der Waals surface area contributed by atoms with Gasteiger partial charge in [-0.15, -0.1) is 0 Å². The first kappa shape index (κ1) is 24.6. The van der Waals surface area contributed by atoms with Gasteiger partial charge in [0.25, 0.3) is 17.4 Å². The largest absolute Gasteiger partial charge is 0.496 e. The number of amides is 3. The summed E-state index contributed by atoms with van der Waals surface area (Å²) in [7, 11) is 1.55. The summed E-state index contributed by atoms with van der Waals surface area (Å²) in [5, 5.41) is 4.56. The number of methoxy groups -OCH3 is 1. The fourth-order valence-corrected chi connectivity index (χ4v) is 3.56. The van der Waals surface area contributed by atoms with Crippen molar-refractivity contribution in [1.82, 2.24) is 25.7 Å². The van der Waals surface area contributed by atoms with E-state index in [1.54, 1.807) is 31.4 Å². The molecule has 180 valence electrons. The fourth-order valence-electron chi connectivity index (χ4n) is 3.56. The molecular weight excluding hydrogens is 438 g/mol. The predicted molar refractivity (Wildman–Crippen MR) is 127 cm³/mol. The van der Waals surface area contributed by atoms with Gasteiger partial charge in [0.2, 0.25) is 5.91 Å². The zero-order valence-corrected chi connectivity index (χ0v) is 19.6. The van der Waals surface area contributed by atoms with Crippen molar-refractivity contribution in [2.45, 2.75) is 39.8 Å². The van der Waals surface area contributed by atoms with Crippen molar-refractivity contribution in [1.29, 1.82) is 0 Å². The van der Waals surface area contributed by atoms with E-state index in [9.17, 15) is 19.2 Å². The molecule has 4 N–H and O–H groups in total. The Balaban J connectivity index is 1.78. The Labute approximate surface area is 196 Å². The summed E-state index contributed by atoms with van der Waals surface area (Å²) in [5.41, 5.74) is 3.51. The summed E-state index contributed by atoms with van der Waals surface area (Å²) in [4.78, 5) is 55.7. The van der Waals surface area contributed by atoms with Crippen molar-refractivity contribution in [2.75, 3.05) is 7.11 Å². The molecule has 0 aliphatic rings. The highest BCUT2D eigenvalue weighted by Crippen LogP contribution is 2.26. The SMILES string of the molecule is COc1cccc2[nH]c(C(=O)N[C@@H](CC(C)C)C(=O)NN(Cc3ccc[nH]c3=O)C(C)=O)cc12. The molecular formula is C24H29N5O5. The van der Waals surface area contributed by atoms with Crippen LogP contribution < -0.4 is 21.0 Å². The lowest BCUT2D eigenvalue weighted by molar-refractivity contribution is -0.141. The number of hydrogen-bond donors (Lipinski definition) is 4. The van der Waals surface area contributed by atoms with E-state index in [1.165, 1.54) is 13.1 Å². The molecule has 0 saturated carbocycles. The molecule has 0 aliphatic heterocycles. The summed E-state index contributed by atoms with van der Waals surface area (Å²) < 4.78 is 5.34. The number of hydrazine groups is 1. The van der Waals surface area contributed by atoms with Crippen molar-refractivity contribution in [3.05, 3.63) is 64.2 Å². The van der Waals surface area contributed by atoms with Crippen molar-refractivity contribution < 1.29 is 19.1 Å². The van der Waals surface area contributed by atoms with Gasteiger partial charge >= 0.3 is 0 Å². The minimum Gasteiger partial charge on any atom is -0.496 e. The third-order valence-corrected chi connectivity index (χ3v) is 5.27. The fraction of sp³-hybridized carbons (Fsp3) is 0.333. The topological polar surface area (TPSA) is 136 Å². The van der Waals surface area contributed by atoms with E-state index in [4.69, 9.17) is 4.74 Å². The number of hydrogen-bond acceptors (Lipinski definition) is 5. The molecule has 3 amide bonds. The predicted octanol–water partition coefficient (Wildman–Crippen LogP) is 2.09. The number of pyridine rings is 1. The summed E-state index contributed by atoms with van der Waals surface area (Å²) in [6.07, 6.45) is 1.83. The van der Waals surface area contributed by atoms with E-state index in [0.717, 1.165) is 15.9 Å². The van der Waals surface area contributed by atoms with E-state index < -0.39 is 23.8 Å². The number of ether oxygens (including phenoxy) is 1. The van der Waals surface area contributed by atoms with Crippen LogP contribution >= 0.6 is 0 Å². The van der Waals surface area contributed by atoms with Crippen LogP contribution in [0.3, 0.4) is 0 Å². The lowest BCUT2D eigenvalue weighted by atomic mass is 10.0. The Morgan fingerprint density at radius 1 is 1.15 bits per heavy atom. The van der Waals surface area contributed by atoms with Crippen LogP contribution in [-0.2, 0) is 16.1 Å². The van der Waals surface area contributed by atoms with Gasteiger partial charge in [-0.2, -0.15) is 0 Å². The second-order valence-electron chi connectivity index (χ2n) is 8.37. The third-order valence-electron chi connectivity index (χ3n) is 5.27. The van der Waals surface area contributed by atoms with Crippen molar-refractivity contribution >= 4 is 28.6 Å². The number of fused-ring (bicyclic) bond motifs is 1. The van der Waals surface area contributed by atoms with E-state index >= 15 is 0 Å². The lowest BCUT2D eigenvalue weighted by Gasteiger charge is -2.26. The maximum Gasteiger partial charge on any atom is 0.268 e. The van der Waals surface area contributed by atoms with Crippen LogP contribution in [0.25, 0.3) is 10.9 Å². The summed E-state index contributed by atoms with van der Waals surface area (Å²) >= 11 is 0. The van der Waals surface area contributed by atoms with Crippen LogP contribution in [0, 0.1) is 5.92 Å². The second-order valence-corrected chi connectivity index (χ2v) is 8.37. The highest BCUT2D eigenvalue weighted by molar-refractivity contribution is 6.01. The Kier molecular flexibility index (Phi) is 7.72. The van der Waals surface area contributed by atoms with Gasteiger partial charge in [-0.3, -0.25) is 24.6 Å². The van der Waals surface area contributed by atoms with Gasteiger partial charge < -0.3 is 20.0 Å². The van der Waals surface area contributed by atoms with Gasteiger partial charge in [0.05, 0.1) is 13.7 Å². The molecule has 3 aromatic rings. The minimum absolute atomic E-state index is 0.0848. The summed E-state index contributed by atoms with van der Waals surface area (Å²) in [6, 6.07) is 9.38. The maximum absolute atomic E-state index is 13.1. The van der Waals surface area contributed by atoms with E-state index in [1.807, 2.05) is 26.0 Å². The van der Waals surface area contributed by atoms with E-state index in [-0.39, 0.29) is 23.7 Å². The van der Waals surface area contributed by atoms with Gasteiger partial charge in [-0.05, 0) is 36.6 Å². The number of H-pyrrole nitrogens is 2. The first-order chi connectivity index (χ1) is 16.2. The molecule has 0 unspecified atom stereocenters. The third kappa shape index (κ3) is 5.83. The quantitative estimate of drug-likeness (QED) is 0.376. The number of carbonyl (C=O) groups excluding carboxylic acids is 3. The van der Waals surface area contributed by atoms with Gasteiger partial charge in [0, 0.05) is 29.6 Å². The number of benzene rings is 1. The average Bonchev–Trinajstić information content (AvgIpc) is 3.23. The molecule has 34 heavy (non-hydrogen) atoms. The van der Waals surface area contributed by atoms with Crippen LogP contribution in [0.5, 0.6) is 5.75 Å². The molecule has 0 spiro atoms. The molecule has 1 aromatic carbocycles. The maximum atomic E-state index is 13.1. The first-order valence-electron chi connectivity index (χ1n) is 10.9. The van der Waals surface area contributed by atoms with Crippen LogP contribution in [0.1, 0.15) is 43.2 Å². The minimum atomic E-state index is -0.906. The number of aromatic amines is 2. The first-order valence-corrected chi connectivity index (χ1v) is 10.9. The zero-order chi connectivity index (χ0) is 24.8. The number of aromatic nitrogens is 2. The molecule has 0 fully saturated rings. The normalized spacial score (nSPS) is 11.8. The molecule has 2 heterocycles. The monoisotopic (exact) mass is 467 g/mol. The number of carbonyl (C=O) groups is 3. The number of nitrogens with one attached hydrogen (secondary N) is 4. The Hall–Kier alpha value is -4.08. The molecule has 10 heteroatoms. The van der Waals surface area contributed by atoms with E-state index in [2.05, 4.69) is 20.7 Å². The molecule has 10 nitrogen and oxygen atoms in total. The number of nitrogens with zero attached hydrogens (tertiary/aromatic N) is 1.